The first-order valence-corrected chi connectivity index (χ1v) is 11.4. The van der Waals surface area contributed by atoms with Crippen molar-refractivity contribution in [2.45, 2.75) is 44.7 Å². The van der Waals surface area contributed by atoms with Crippen molar-refractivity contribution in [2.75, 3.05) is 42.8 Å². The molecule has 1 rings (SSSR count). The van der Waals surface area contributed by atoms with Crippen LogP contribution in [-0.2, 0) is 16.0 Å². The van der Waals surface area contributed by atoms with Crippen LogP contribution in [0.4, 0.5) is 18.9 Å². The number of carbonyl (C=O) groups is 2. The van der Waals surface area contributed by atoms with Gasteiger partial charge in [0, 0.05) is 43.5 Å². The third-order valence-electron chi connectivity index (χ3n) is 4.33. The molecular weight excluding hydrogens is 470 g/mol. The number of anilines is 1. The third-order valence-corrected chi connectivity index (χ3v) is 4.66. The van der Waals surface area contributed by atoms with E-state index in [2.05, 4.69) is 34.5 Å². The van der Waals surface area contributed by atoms with Gasteiger partial charge in [-0.3, -0.25) is 4.79 Å². The number of halogens is 5. The van der Waals surface area contributed by atoms with Gasteiger partial charge in [-0.25, -0.2) is 4.79 Å². The topological polar surface area (TPSA) is 95.7 Å². The summed E-state index contributed by atoms with van der Waals surface area (Å²) in [4.78, 5) is 22.9. The maximum absolute atomic E-state index is 11.8. The van der Waals surface area contributed by atoms with E-state index >= 15 is 0 Å². The van der Waals surface area contributed by atoms with Crippen LogP contribution in [0.5, 0.6) is 0 Å². The predicted molar refractivity (Wildman–Crippen MR) is 123 cm³/mol. The van der Waals surface area contributed by atoms with Gasteiger partial charge in [0.2, 0.25) is 5.91 Å². The van der Waals surface area contributed by atoms with E-state index in [0.29, 0.717) is 18.2 Å². The summed E-state index contributed by atoms with van der Waals surface area (Å²) < 4.78 is 31.7. The van der Waals surface area contributed by atoms with Crippen molar-refractivity contribution in [1.82, 2.24) is 5.32 Å². The molecule has 0 aliphatic carbocycles. The van der Waals surface area contributed by atoms with Crippen molar-refractivity contribution in [2.24, 2.45) is 5.73 Å². The van der Waals surface area contributed by atoms with E-state index in [-0.39, 0.29) is 5.91 Å². The average molecular weight is 502 g/mol. The van der Waals surface area contributed by atoms with Crippen LogP contribution in [0.3, 0.4) is 0 Å². The summed E-state index contributed by atoms with van der Waals surface area (Å²) in [7, 11) is 0. The number of hydrogen-bond donors (Lipinski definition) is 3. The predicted octanol–water partition coefficient (Wildman–Crippen LogP) is 4.17. The number of aliphatic carboxylic acids is 1. The lowest BCUT2D eigenvalue weighted by atomic mass is 10.1. The fourth-order valence-electron chi connectivity index (χ4n) is 2.66. The summed E-state index contributed by atoms with van der Waals surface area (Å²) in [6.07, 6.45) is 0.369. The summed E-state index contributed by atoms with van der Waals surface area (Å²) in [6.45, 7) is 3.06. The van der Waals surface area contributed by atoms with Gasteiger partial charge >= 0.3 is 12.1 Å². The molecule has 1 aromatic rings. The Morgan fingerprint density at radius 2 is 1.56 bits per heavy atom. The number of carboxylic acids is 1. The Hall–Kier alpha value is -1.71. The minimum Gasteiger partial charge on any atom is -0.475 e. The van der Waals surface area contributed by atoms with Crippen LogP contribution in [0.2, 0.25) is 0 Å². The largest absolute Gasteiger partial charge is 0.490 e. The highest BCUT2D eigenvalue weighted by molar-refractivity contribution is 6.18. The lowest BCUT2D eigenvalue weighted by molar-refractivity contribution is -0.192. The number of alkyl halides is 5. The van der Waals surface area contributed by atoms with Gasteiger partial charge in [-0.05, 0) is 49.9 Å². The molecule has 0 saturated heterocycles. The lowest BCUT2D eigenvalue weighted by Crippen LogP contribution is -2.27. The van der Waals surface area contributed by atoms with E-state index in [1.807, 2.05) is 0 Å². The van der Waals surface area contributed by atoms with Gasteiger partial charge in [0.05, 0.1) is 0 Å². The zero-order valence-corrected chi connectivity index (χ0v) is 19.5. The van der Waals surface area contributed by atoms with Gasteiger partial charge < -0.3 is 21.1 Å². The first-order chi connectivity index (χ1) is 15.1. The quantitative estimate of drug-likeness (QED) is 0.262. The molecular formula is C21H32Cl2F3N3O3. The summed E-state index contributed by atoms with van der Waals surface area (Å²) in [6, 6.07) is 8.45. The Kier molecular flexibility index (Phi) is 16.8. The first kappa shape index (κ1) is 30.3. The standard InChI is InChI=1S/C19H31Cl2N3O.C2HF3O2/c20-11-15-24(16-12-21)18-9-7-17(8-10-18)5-4-6-19(25)23-14-3-1-2-13-22;3-2(4,5)1(6)7/h7-10H,1-6,11-16,22H2,(H,23,25);(H,6,7). The number of amides is 1. The number of benzene rings is 1. The summed E-state index contributed by atoms with van der Waals surface area (Å²) in [5.74, 6) is -1.45. The number of hydrogen-bond acceptors (Lipinski definition) is 4. The van der Waals surface area contributed by atoms with E-state index in [1.165, 1.54) is 5.56 Å². The van der Waals surface area contributed by atoms with Gasteiger partial charge in [0.15, 0.2) is 0 Å². The monoisotopic (exact) mass is 501 g/mol. The molecule has 0 aliphatic rings. The van der Waals surface area contributed by atoms with Crippen LogP contribution in [-0.4, -0.2) is 61.1 Å². The number of aryl methyl sites for hydroxylation is 1. The number of carboxylic acid groups (broad SMARTS) is 1. The van der Waals surface area contributed by atoms with Crippen molar-refractivity contribution in [3.63, 3.8) is 0 Å². The maximum atomic E-state index is 11.8. The molecule has 0 aliphatic heterocycles. The number of rotatable bonds is 14. The Morgan fingerprint density at radius 1 is 1.00 bits per heavy atom. The molecule has 0 spiro atoms. The molecule has 4 N–H and O–H groups in total. The number of nitrogens with zero attached hydrogens (tertiary/aromatic N) is 1. The molecule has 0 saturated carbocycles. The highest BCUT2D eigenvalue weighted by atomic mass is 35.5. The summed E-state index contributed by atoms with van der Waals surface area (Å²) in [5, 5.41) is 10.1. The average Bonchev–Trinajstić information content (AvgIpc) is 2.74. The van der Waals surface area contributed by atoms with E-state index in [0.717, 1.165) is 64.0 Å². The van der Waals surface area contributed by atoms with E-state index in [1.54, 1.807) is 0 Å². The molecule has 11 heteroatoms. The third kappa shape index (κ3) is 15.2. The van der Waals surface area contributed by atoms with E-state index in [9.17, 15) is 18.0 Å². The van der Waals surface area contributed by atoms with Crippen LogP contribution >= 0.6 is 23.2 Å². The Labute approximate surface area is 197 Å². The molecule has 32 heavy (non-hydrogen) atoms. The van der Waals surface area contributed by atoms with Crippen LogP contribution in [0, 0.1) is 0 Å². The molecule has 0 bridgehead atoms. The number of carbonyl (C=O) groups excluding carboxylic acids is 1. The highest BCUT2D eigenvalue weighted by Crippen LogP contribution is 2.17. The Bertz CT molecular complexity index is 641. The van der Waals surface area contributed by atoms with Crippen LogP contribution < -0.4 is 16.0 Å². The van der Waals surface area contributed by atoms with Gasteiger partial charge in [-0.15, -0.1) is 23.2 Å². The number of nitrogens with two attached hydrogens (primary N) is 1. The second kappa shape index (κ2) is 17.8. The van der Waals surface area contributed by atoms with Crippen LogP contribution in [0.25, 0.3) is 0 Å². The van der Waals surface area contributed by atoms with Crippen molar-refractivity contribution in [1.29, 1.82) is 0 Å². The van der Waals surface area contributed by atoms with E-state index in [4.69, 9.17) is 38.8 Å². The molecule has 0 aromatic heterocycles. The maximum Gasteiger partial charge on any atom is 0.490 e. The summed E-state index contributed by atoms with van der Waals surface area (Å²) >= 11 is 11.7. The van der Waals surface area contributed by atoms with Gasteiger partial charge in [-0.1, -0.05) is 18.6 Å². The SMILES string of the molecule is NCCCCCNC(=O)CCCc1ccc(N(CCCl)CCCl)cc1.O=C(O)C(F)(F)F. The lowest BCUT2D eigenvalue weighted by Gasteiger charge is -2.23. The normalized spacial score (nSPS) is 10.8. The zero-order valence-electron chi connectivity index (χ0n) is 18.0. The zero-order chi connectivity index (χ0) is 24.4. The molecule has 1 aromatic carbocycles. The van der Waals surface area contributed by atoms with Gasteiger partial charge in [-0.2, -0.15) is 13.2 Å². The number of nitrogens with one attached hydrogen (secondary N) is 1. The second-order valence-corrected chi connectivity index (χ2v) is 7.64. The molecule has 0 radical (unpaired) electrons. The smallest absolute Gasteiger partial charge is 0.475 e. The van der Waals surface area contributed by atoms with Crippen LogP contribution in [0.15, 0.2) is 24.3 Å². The van der Waals surface area contributed by atoms with Crippen molar-refractivity contribution in [3.05, 3.63) is 29.8 Å². The second-order valence-electron chi connectivity index (χ2n) is 6.89. The van der Waals surface area contributed by atoms with Gasteiger partial charge in [0.1, 0.15) is 0 Å². The fourth-order valence-corrected chi connectivity index (χ4v) is 3.07. The molecule has 1 amide bonds. The minimum atomic E-state index is -5.08. The minimum absolute atomic E-state index is 0.139. The molecule has 184 valence electrons. The molecule has 0 heterocycles. The molecule has 0 atom stereocenters. The van der Waals surface area contributed by atoms with Crippen molar-refractivity contribution < 1.29 is 27.9 Å². The molecule has 0 unspecified atom stereocenters. The first-order valence-electron chi connectivity index (χ1n) is 10.4. The van der Waals surface area contributed by atoms with Crippen LogP contribution in [0.1, 0.15) is 37.7 Å². The van der Waals surface area contributed by atoms with Crippen molar-refractivity contribution >= 4 is 40.8 Å². The van der Waals surface area contributed by atoms with E-state index < -0.39 is 12.1 Å². The fraction of sp³-hybridized carbons (Fsp3) is 0.619. The molecule has 6 nitrogen and oxygen atoms in total. The number of unbranched alkanes of at least 4 members (excludes halogenated alkanes) is 2. The Morgan fingerprint density at radius 3 is 2.03 bits per heavy atom. The summed E-state index contributed by atoms with van der Waals surface area (Å²) in [5.41, 5.74) is 7.83. The van der Waals surface area contributed by atoms with Crippen molar-refractivity contribution in [3.8, 4) is 0 Å². The molecule has 0 fully saturated rings. The Balaban J connectivity index is 0.00000118. The van der Waals surface area contributed by atoms with Gasteiger partial charge in [0.25, 0.3) is 0 Å². The highest BCUT2D eigenvalue weighted by Gasteiger charge is 2.38.